The Bertz CT molecular complexity index is 213. The SMILES string of the molecule is COCCOCC(=O)NC1CCCCC1Br. The maximum Gasteiger partial charge on any atom is 0.246 e. The molecule has 2 atom stereocenters. The summed E-state index contributed by atoms with van der Waals surface area (Å²) in [5.41, 5.74) is 0. The van der Waals surface area contributed by atoms with E-state index in [2.05, 4.69) is 21.2 Å². The lowest BCUT2D eigenvalue weighted by Crippen LogP contribution is -2.44. The number of methoxy groups -OCH3 is 1. The summed E-state index contributed by atoms with van der Waals surface area (Å²) >= 11 is 3.60. The number of ether oxygens (including phenoxy) is 2. The van der Waals surface area contributed by atoms with Crippen LogP contribution in [-0.4, -0.2) is 43.7 Å². The van der Waals surface area contributed by atoms with Crippen molar-refractivity contribution < 1.29 is 14.3 Å². The first-order valence-electron chi connectivity index (χ1n) is 5.74. The molecule has 0 aromatic heterocycles. The van der Waals surface area contributed by atoms with Gasteiger partial charge in [0.15, 0.2) is 0 Å². The van der Waals surface area contributed by atoms with Crippen LogP contribution >= 0.6 is 15.9 Å². The van der Waals surface area contributed by atoms with Crippen molar-refractivity contribution in [3.63, 3.8) is 0 Å². The first kappa shape index (κ1) is 13.9. The molecule has 5 heteroatoms. The number of nitrogens with one attached hydrogen (secondary N) is 1. The molecule has 94 valence electrons. The number of hydrogen-bond donors (Lipinski definition) is 1. The minimum atomic E-state index is -0.0348. The molecule has 0 spiro atoms. The quantitative estimate of drug-likeness (QED) is 0.596. The minimum Gasteiger partial charge on any atom is -0.382 e. The van der Waals surface area contributed by atoms with Crippen molar-refractivity contribution in [2.45, 2.75) is 36.6 Å². The Balaban J connectivity index is 2.12. The smallest absolute Gasteiger partial charge is 0.246 e. The molecule has 0 saturated heterocycles. The van der Waals surface area contributed by atoms with Gasteiger partial charge in [0.1, 0.15) is 6.61 Å². The average Bonchev–Trinajstić information content (AvgIpc) is 2.28. The highest BCUT2D eigenvalue weighted by Crippen LogP contribution is 2.24. The number of alkyl halides is 1. The second kappa shape index (κ2) is 8.03. The molecule has 16 heavy (non-hydrogen) atoms. The van der Waals surface area contributed by atoms with Gasteiger partial charge in [-0.05, 0) is 12.8 Å². The maximum absolute atomic E-state index is 11.5. The summed E-state index contributed by atoms with van der Waals surface area (Å²) in [6.45, 7) is 1.11. The fraction of sp³-hybridized carbons (Fsp3) is 0.909. The third-order valence-electron chi connectivity index (χ3n) is 2.69. The molecular weight excluding hydrogens is 274 g/mol. The minimum absolute atomic E-state index is 0.0348. The average molecular weight is 294 g/mol. The van der Waals surface area contributed by atoms with Crippen molar-refractivity contribution >= 4 is 21.8 Å². The molecule has 1 aliphatic carbocycles. The zero-order chi connectivity index (χ0) is 11.8. The van der Waals surface area contributed by atoms with Crippen LogP contribution in [0.4, 0.5) is 0 Å². The van der Waals surface area contributed by atoms with Crippen LogP contribution in [0.2, 0.25) is 0 Å². The van der Waals surface area contributed by atoms with E-state index in [4.69, 9.17) is 9.47 Å². The van der Waals surface area contributed by atoms with Gasteiger partial charge in [0.2, 0.25) is 5.91 Å². The van der Waals surface area contributed by atoms with Gasteiger partial charge in [-0.15, -0.1) is 0 Å². The Labute approximate surface area is 105 Å². The summed E-state index contributed by atoms with van der Waals surface area (Å²) in [5, 5.41) is 2.99. The van der Waals surface area contributed by atoms with E-state index < -0.39 is 0 Å². The van der Waals surface area contributed by atoms with Gasteiger partial charge in [-0.1, -0.05) is 28.8 Å². The van der Waals surface area contributed by atoms with Crippen molar-refractivity contribution in [2.75, 3.05) is 26.9 Å². The second-order valence-electron chi connectivity index (χ2n) is 4.02. The Morgan fingerprint density at radius 2 is 2.12 bits per heavy atom. The van der Waals surface area contributed by atoms with Crippen molar-refractivity contribution in [1.82, 2.24) is 5.32 Å². The van der Waals surface area contributed by atoms with E-state index >= 15 is 0 Å². The predicted octanol–water partition coefficient (Wildman–Crippen LogP) is 1.47. The third-order valence-corrected chi connectivity index (χ3v) is 3.79. The molecule has 0 radical (unpaired) electrons. The van der Waals surface area contributed by atoms with Gasteiger partial charge in [0.25, 0.3) is 0 Å². The number of carbonyl (C=O) groups is 1. The van der Waals surface area contributed by atoms with Crippen LogP contribution in [0.5, 0.6) is 0 Å². The maximum atomic E-state index is 11.5. The van der Waals surface area contributed by atoms with Gasteiger partial charge in [0.05, 0.1) is 13.2 Å². The topological polar surface area (TPSA) is 47.6 Å². The molecular formula is C11H20BrNO3. The van der Waals surface area contributed by atoms with Crippen LogP contribution in [0.15, 0.2) is 0 Å². The molecule has 2 unspecified atom stereocenters. The monoisotopic (exact) mass is 293 g/mol. The van der Waals surface area contributed by atoms with Crippen molar-refractivity contribution in [2.24, 2.45) is 0 Å². The molecule has 0 bridgehead atoms. The van der Waals surface area contributed by atoms with Gasteiger partial charge in [-0.25, -0.2) is 0 Å². The Kier molecular flexibility index (Phi) is 7.00. The second-order valence-corrected chi connectivity index (χ2v) is 5.20. The molecule has 0 aromatic rings. The number of amides is 1. The zero-order valence-electron chi connectivity index (χ0n) is 9.71. The number of hydrogen-bond acceptors (Lipinski definition) is 3. The molecule has 1 fully saturated rings. The molecule has 1 rings (SSSR count). The highest BCUT2D eigenvalue weighted by molar-refractivity contribution is 9.09. The van der Waals surface area contributed by atoms with Gasteiger partial charge < -0.3 is 14.8 Å². The lowest BCUT2D eigenvalue weighted by Gasteiger charge is -2.28. The number of halogens is 1. The van der Waals surface area contributed by atoms with Crippen LogP contribution in [0.1, 0.15) is 25.7 Å². The van der Waals surface area contributed by atoms with Gasteiger partial charge >= 0.3 is 0 Å². The highest BCUT2D eigenvalue weighted by atomic mass is 79.9. The van der Waals surface area contributed by atoms with Crippen LogP contribution in [0, 0.1) is 0 Å². The van der Waals surface area contributed by atoms with E-state index in [9.17, 15) is 4.79 Å². The van der Waals surface area contributed by atoms with Crippen LogP contribution in [-0.2, 0) is 14.3 Å². The fourth-order valence-electron chi connectivity index (χ4n) is 1.80. The lowest BCUT2D eigenvalue weighted by atomic mass is 9.95. The largest absolute Gasteiger partial charge is 0.382 e. The van der Waals surface area contributed by atoms with E-state index in [1.165, 1.54) is 12.8 Å². The van der Waals surface area contributed by atoms with Crippen molar-refractivity contribution in [3.05, 3.63) is 0 Å². The van der Waals surface area contributed by atoms with Gasteiger partial charge in [-0.3, -0.25) is 4.79 Å². The number of carbonyl (C=O) groups excluding carboxylic acids is 1. The molecule has 1 N–H and O–H groups in total. The molecule has 1 amide bonds. The molecule has 1 saturated carbocycles. The fourth-order valence-corrected chi connectivity index (χ4v) is 2.52. The standard InChI is InChI=1S/C11H20BrNO3/c1-15-6-7-16-8-11(14)13-10-5-3-2-4-9(10)12/h9-10H,2-8H2,1H3,(H,13,14). The van der Waals surface area contributed by atoms with Gasteiger partial charge in [-0.2, -0.15) is 0 Å². The molecule has 1 aliphatic rings. The van der Waals surface area contributed by atoms with E-state index in [-0.39, 0.29) is 18.6 Å². The van der Waals surface area contributed by atoms with E-state index in [1.807, 2.05) is 0 Å². The summed E-state index contributed by atoms with van der Waals surface area (Å²) in [6.07, 6.45) is 4.62. The zero-order valence-corrected chi connectivity index (χ0v) is 11.3. The highest BCUT2D eigenvalue weighted by Gasteiger charge is 2.23. The Morgan fingerprint density at radius 3 is 2.81 bits per heavy atom. The summed E-state index contributed by atoms with van der Waals surface area (Å²) < 4.78 is 9.99. The van der Waals surface area contributed by atoms with E-state index in [0.717, 1.165) is 12.8 Å². The van der Waals surface area contributed by atoms with Gasteiger partial charge in [0, 0.05) is 18.0 Å². The third kappa shape index (κ3) is 5.27. The first-order chi connectivity index (χ1) is 7.74. The molecule has 0 aromatic carbocycles. The molecule has 0 aliphatic heterocycles. The predicted molar refractivity (Wildman–Crippen MR) is 65.8 cm³/mol. The van der Waals surface area contributed by atoms with Crippen molar-refractivity contribution in [1.29, 1.82) is 0 Å². The summed E-state index contributed by atoms with van der Waals surface area (Å²) in [4.78, 5) is 11.9. The van der Waals surface area contributed by atoms with Crippen LogP contribution in [0.3, 0.4) is 0 Å². The summed E-state index contributed by atoms with van der Waals surface area (Å²) in [6, 6.07) is 0.257. The molecule has 4 nitrogen and oxygen atoms in total. The lowest BCUT2D eigenvalue weighted by molar-refractivity contribution is -0.127. The van der Waals surface area contributed by atoms with E-state index in [0.29, 0.717) is 18.0 Å². The van der Waals surface area contributed by atoms with Crippen LogP contribution < -0.4 is 5.32 Å². The summed E-state index contributed by atoms with van der Waals surface area (Å²) in [7, 11) is 1.61. The van der Waals surface area contributed by atoms with Crippen LogP contribution in [0.25, 0.3) is 0 Å². The molecule has 0 heterocycles. The summed E-state index contributed by atoms with van der Waals surface area (Å²) in [5.74, 6) is -0.0348. The Morgan fingerprint density at radius 1 is 1.38 bits per heavy atom. The van der Waals surface area contributed by atoms with Crippen molar-refractivity contribution in [3.8, 4) is 0 Å². The Hall–Kier alpha value is -0.130. The normalized spacial score (nSPS) is 25.4. The number of rotatable bonds is 6. The van der Waals surface area contributed by atoms with E-state index in [1.54, 1.807) is 7.11 Å². The first-order valence-corrected chi connectivity index (χ1v) is 6.65.